The Kier molecular flexibility index (Phi) is 6.42. The lowest BCUT2D eigenvalue weighted by Crippen LogP contribution is -2.55. The molecule has 1 fully saturated rings. The van der Waals surface area contributed by atoms with E-state index in [-0.39, 0.29) is 19.6 Å². The number of rotatable bonds is 5. The lowest BCUT2D eigenvalue weighted by molar-refractivity contribution is -0.172. The van der Waals surface area contributed by atoms with Crippen molar-refractivity contribution in [1.82, 2.24) is 0 Å². The minimum atomic E-state index is -1.64. The summed E-state index contributed by atoms with van der Waals surface area (Å²) in [5, 5.41) is 11.3. The van der Waals surface area contributed by atoms with Crippen LogP contribution in [-0.4, -0.2) is 41.6 Å². The summed E-state index contributed by atoms with van der Waals surface area (Å²) in [7, 11) is 0. The molecule has 0 spiro atoms. The topological polar surface area (TPSA) is 89.9 Å². The van der Waals surface area contributed by atoms with Crippen LogP contribution in [0.15, 0.2) is 24.3 Å². The van der Waals surface area contributed by atoms with Gasteiger partial charge < -0.3 is 14.6 Å². The number of benzene rings is 1. The molecule has 1 aromatic carbocycles. The van der Waals surface area contributed by atoms with Gasteiger partial charge in [0.15, 0.2) is 5.78 Å². The van der Waals surface area contributed by atoms with Crippen molar-refractivity contribution in [2.45, 2.75) is 38.7 Å². The first-order valence-corrected chi connectivity index (χ1v) is 8.94. The highest BCUT2D eigenvalue weighted by molar-refractivity contribution is 6.30. The van der Waals surface area contributed by atoms with Crippen LogP contribution in [0.25, 0.3) is 0 Å². The maximum absolute atomic E-state index is 12.7. The van der Waals surface area contributed by atoms with Gasteiger partial charge >= 0.3 is 11.9 Å². The largest absolute Gasteiger partial charge is 0.466 e. The van der Waals surface area contributed by atoms with Crippen molar-refractivity contribution < 1.29 is 29.0 Å². The first-order chi connectivity index (χ1) is 12.2. The Morgan fingerprint density at radius 3 is 2.23 bits per heavy atom. The zero-order valence-corrected chi connectivity index (χ0v) is 15.8. The van der Waals surface area contributed by atoms with Crippen molar-refractivity contribution in [3.8, 4) is 0 Å². The Bertz CT molecular complexity index is 682. The van der Waals surface area contributed by atoms with Gasteiger partial charge in [-0.2, -0.15) is 0 Å². The van der Waals surface area contributed by atoms with Crippen LogP contribution in [0.5, 0.6) is 0 Å². The number of esters is 2. The van der Waals surface area contributed by atoms with E-state index in [0.29, 0.717) is 10.6 Å². The fourth-order valence-corrected chi connectivity index (χ4v) is 3.69. The Balaban J connectivity index is 2.59. The second-order valence-corrected chi connectivity index (χ2v) is 6.97. The Morgan fingerprint density at radius 2 is 1.69 bits per heavy atom. The van der Waals surface area contributed by atoms with Gasteiger partial charge in [0, 0.05) is 17.4 Å². The molecule has 0 saturated heterocycles. The third-order valence-corrected chi connectivity index (χ3v) is 4.86. The number of carbonyl (C=O) groups excluding carboxylic acids is 3. The van der Waals surface area contributed by atoms with Gasteiger partial charge in [-0.1, -0.05) is 23.7 Å². The quantitative estimate of drug-likeness (QED) is 0.621. The third kappa shape index (κ3) is 4.07. The van der Waals surface area contributed by atoms with E-state index in [4.69, 9.17) is 21.1 Å². The van der Waals surface area contributed by atoms with E-state index in [1.165, 1.54) is 6.92 Å². The molecule has 1 aromatic rings. The van der Waals surface area contributed by atoms with E-state index in [1.807, 2.05) is 0 Å². The van der Waals surface area contributed by atoms with Crippen molar-refractivity contribution in [3.63, 3.8) is 0 Å². The third-order valence-electron chi connectivity index (χ3n) is 4.60. The lowest BCUT2D eigenvalue weighted by atomic mass is 9.62. The van der Waals surface area contributed by atoms with Crippen LogP contribution in [-0.2, 0) is 23.9 Å². The minimum Gasteiger partial charge on any atom is -0.466 e. The molecule has 6 nitrogen and oxygen atoms in total. The van der Waals surface area contributed by atoms with Crippen molar-refractivity contribution >= 4 is 29.3 Å². The number of ether oxygens (including phenoxy) is 2. The van der Waals surface area contributed by atoms with Crippen molar-refractivity contribution in [1.29, 1.82) is 0 Å². The zero-order chi connectivity index (χ0) is 19.5. The Morgan fingerprint density at radius 1 is 1.15 bits per heavy atom. The van der Waals surface area contributed by atoms with Gasteiger partial charge in [0.1, 0.15) is 5.92 Å². The fourth-order valence-electron chi connectivity index (χ4n) is 3.56. The summed E-state index contributed by atoms with van der Waals surface area (Å²) < 4.78 is 10.2. The number of hydrogen-bond donors (Lipinski definition) is 1. The number of aliphatic hydroxyl groups is 1. The first-order valence-electron chi connectivity index (χ1n) is 8.56. The molecule has 0 amide bonds. The molecule has 0 radical (unpaired) electrons. The average Bonchev–Trinajstić information content (AvgIpc) is 2.54. The number of hydrogen-bond acceptors (Lipinski definition) is 6. The second-order valence-electron chi connectivity index (χ2n) is 6.54. The molecule has 1 aliphatic rings. The smallest absolute Gasteiger partial charge is 0.317 e. The molecule has 2 rings (SSSR count). The predicted molar refractivity (Wildman–Crippen MR) is 94.7 cm³/mol. The van der Waals surface area contributed by atoms with Crippen molar-refractivity contribution in [2.24, 2.45) is 11.8 Å². The maximum Gasteiger partial charge on any atom is 0.317 e. The SMILES string of the molecule is CCOC(=O)C1C(=O)CC(C)(O)C(C(=O)OCC)C1c1ccc(Cl)cc1. The summed E-state index contributed by atoms with van der Waals surface area (Å²) in [6.45, 7) is 4.94. The average molecular weight is 383 g/mol. The number of ketones is 1. The Labute approximate surface area is 157 Å². The molecule has 7 heteroatoms. The van der Waals surface area contributed by atoms with E-state index in [1.54, 1.807) is 38.1 Å². The highest BCUT2D eigenvalue weighted by atomic mass is 35.5. The van der Waals surface area contributed by atoms with Crippen molar-refractivity contribution in [3.05, 3.63) is 34.9 Å². The van der Waals surface area contributed by atoms with E-state index in [2.05, 4.69) is 0 Å². The number of carbonyl (C=O) groups is 3. The molecule has 142 valence electrons. The zero-order valence-electron chi connectivity index (χ0n) is 15.0. The summed E-state index contributed by atoms with van der Waals surface area (Å²) >= 11 is 5.93. The monoisotopic (exact) mass is 382 g/mol. The maximum atomic E-state index is 12.7. The molecule has 1 N–H and O–H groups in total. The van der Waals surface area contributed by atoms with Gasteiger partial charge in [-0.15, -0.1) is 0 Å². The second kappa shape index (κ2) is 8.18. The van der Waals surface area contributed by atoms with E-state index in [0.717, 1.165) is 0 Å². The molecular weight excluding hydrogens is 360 g/mol. The van der Waals surface area contributed by atoms with Crippen LogP contribution in [0.3, 0.4) is 0 Å². The van der Waals surface area contributed by atoms with Crippen molar-refractivity contribution in [2.75, 3.05) is 13.2 Å². The number of halogens is 1. The fraction of sp³-hybridized carbons (Fsp3) is 0.526. The molecule has 1 aliphatic carbocycles. The molecule has 0 aromatic heterocycles. The first kappa shape index (κ1) is 20.4. The molecule has 0 heterocycles. The van der Waals surface area contributed by atoms with Crippen LogP contribution < -0.4 is 0 Å². The highest BCUT2D eigenvalue weighted by Crippen LogP contribution is 2.46. The van der Waals surface area contributed by atoms with Gasteiger partial charge in [-0.05, 0) is 38.5 Å². The standard InChI is InChI=1S/C19H23ClO6/c1-4-25-17(22)15-13(21)10-19(3,24)16(18(23)26-5-2)14(15)11-6-8-12(20)9-7-11/h6-9,14-16,24H,4-5,10H2,1-3H3. The summed E-state index contributed by atoms with van der Waals surface area (Å²) in [5.41, 5.74) is -1.10. The summed E-state index contributed by atoms with van der Waals surface area (Å²) in [6, 6.07) is 6.49. The lowest BCUT2D eigenvalue weighted by Gasteiger charge is -2.43. The van der Waals surface area contributed by atoms with Crippen LogP contribution in [0.2, 0.25) is 5.02 Å². The molecule has 4 unspecified atom stereocenters. The molecule has 0 aliphatic heterocycles. The van der Waals surface area contributed by atoms with Gasteiger partial charge in [-0.3, -0.25) is 14.4 Å². The van der Waals surface area contributed by atoms with Crippen LogP contribution in [0.1, 0.15) is 38.7 Å². The Hall–Kier alpha value is -1.92. The van der Waals surface area contributed by atoms with Crippen LogP contribution in [0, 0.1) is 11.8 Å². The van der Waals surface area contributed by atoms with Gasteiger partial charge in [-0.25, -0.2) is 0 Å². The van der Waals surface area contributed by atoms with Gasteiger partial charge in [0.05, 0.1) is 24.7 Å². The van der Waals surface area contributed by atoms with Crippen LogP contribution in [0.4, 0.5) is 0 Å². The van der Waals surface area contributed by atoms with Gasteiger partial charge in [0.2, 0.25) is 0 Å². The summed E-state index contributed by atoms with van der Waals surface area (Å²) in [4.78, 5) is 37.8. The summed E-state index contributed by atoms with van der Waals surface area (Å²) in [5.74, 6) is -5.00. The summed E-state index contributed by atoms with van der Waals surface area (Å²) in [6.07, 6.45) is -0.329. The molecule has 4 atom stereocenters. The normalized spacial score (nSPS) is 28.5. The van der Waals surface area contributed by atoms with Crippen LogP contribution >= 0.6 is 11.6 Å². The van der Waals surface area contributed by atoms with E-state index >= 15 is 0 Å². The number of Topliss-reactive ketones (excluding diaryl/α,β-unsaturated/α-hetero) is 1. The predicted octanol–water partition coefficient (Wildman–Crippen LogP) is 2.51. The van der Waals surface area contributed by atoms with E-state index < -0.39 is 41.1 Å². The minimum absolute atomic E-state index is 0.108. The molecule has 0 bridgehead atoms. The van der Waals surface area contributed by atoms with Gasteiger partial charge in [0.25, 0.3) is 0 Å². The van der Waals surface area contributed by atoms with E-state index in [9.17, 15) is 19.5 Å². The molecular formula is C19H23ClO6. The molecule has 26 heavy (non-hydrogen) atoms. The highest BCUT2D eigenvalue weighted by Gasteiger charge is 2.57. The molecule has 1 saturated carbocycles.